The van der Waals surface area contributed by atoms with Crippen LogP contribution in [-0.4, -0.2) is 38.4 Å². The van der Waals surface area contributed by atoms with Crippen molar-refractivity contribution in [2.45, 2.75) is 90.1 Å². The predicted octanol–water partition coefficient (Wildman–Crippen LogP) is 6.06. The van der Waals surface area contributed by atoms with Crippen molar-refractivity contribution >= 4 is 11.9 Å². The number of carbonyl (C=O) groups is 2. The third-order valence-electron chi connectivity index (χ3n) is 6.86. The first kappa shape index (κ1) is 26.4. The molecule has 5 heteroatoms. The van der Waals surface area contributed by atoms with Gasteiger partial charge >= 0.3 is 11.9 Å². The molecule has 1 aliphatic rings. The summed E-state index contributed by atoms with van der Waals surface area (Å²) in [5, 5.41) is 0. The van der Waals surface area contributed by atoms with Crippen molar-refractivity contribution in [2.75, 3.05) is 20.3 Å². The van der Waals surface area contributed by atoms with E-state index in [1.165, 1.54) is 5.56 Å². The Kier molecular flexibility index (Phi) is 12.4. The summed E-state index contributed by atoms with van der Waals surface area (Å²) in [4.78, 5) is 24.1. The minimum Gasteiger partial charge on any atom is -0.465 e. The number of esters is 2. The molecule has 1 aromatic carbocycles. The normalized spacial score (nSPS) is 27.6. The fraction of sp³-hybridized carbons (Fsp3) is 0.704. The number of carbonyl (C=O) groups excluding carboxylic acids is 2. The van der Waals surface area contributed by atoms with E-state index in [1.54, 1.807) is 0 Å². The highest BCUT2D eigenvalue weighted by atomic mass is 16.6. The summed E-state index contributed by atoms with van der Waals surface area (Å²) in [5.74, 6) is 0.0323. The van der Waals surface area contributed by atoms with E-state index in [1.807, 2.05) is 7.11 Å². The maximum Gasteiger partial charge on any atom is 0.317 e. The van der Waals surface area contributed by atoms with E-state index in [0.29, 0.717) is 31.0 Å². The lowest BCUT2D eigenvalue weighted by atomic mass is 9.84. The molecule has 0 amide bonds. The van der Waals surface area contributed by atoms with Crippen molar-refractivity contribution in [3.63, 3.8) is 0 Å². The molecule has 1 aromatic rings. The van der Waals surface area contributed by atoms with Gasteiger partial charge in [0.05, 0.1) is 19.3 Å². The average molecular weight is 447 g/mol. The van der Waals surface area contributed by atoms with Crippen LogP contribution in [0.15, 0.2) is 30.3 Å². The molecule has 4 unspecified atom stereocenters. The second-order valence-electron chi connectivity index (χ2n) is 9.10. The zero-order valence-electron chi connectivity index (χ0n) is 20.2. The Hall–Kier alpha value is -1.88. The zero-order chi connectivity index (χ0) is 23.2. The first-order chi connectivity index (χ1) is 15.6. The summed E-state index contributed by atoms with van der Waals surface area (Å²) in [6.45, 7) is 4.98. The van der Waals surface area contributed by atoms with Crippen LogP contribution in [0.2, 0.25) is 0 Å². The lowest BCUT2D eigenvalue weighted by molar-refractivity contribution is -0.156. The number of hydrogen-bond donors (Lipinski definition) is 0. The van der Waals surface area contributed by atoms with Gasteiger partial charge in [0, 0.05) is 13.0 Å². The molecular formula is C27H42O5. The molecule has 1 aliphatic heterocycles. The van der Waals surface area contributed by atoms with Crippen LogP contribution in [0.5, 0.6) is 0 Å². The number of rotatable bonds is 4. The molecule has 0 aliphatic carbocycles. The van der Waals surface area contributed by atoms with E-state index < -0.39 is 11.9 Å². The standard InChI is InChI=1S/C27H42O5/c1-4-21-12-9-10-16-24(23-14-7-6-8-15-23)25(30-3)17-11-13-22(5-2)20-32-27(29)18-26(28)31-19-21/h6-8,14-15,21-22,24-25H,4-5,9-13,16-20H2,1-3H3. The van der Waals surface area contributed by atoms with Crippen molar-refractivity contribution in [3.05, 3.63) is 35.9 Å². The van der Waals surface area contributed by atoms with Crippen LogP contribution in [-0.2, 0) is 23.8 Å². The highest BCUT2D eigenvalue weighted by molar-refractivity contribution is 5.91. The maximum absolute atomic E-state index is 12.1. The molecule has 32 heavy (non-hydrogen) atoms. The quantitative estimate of drug-likeness (QED) is 0.416. The van der Waals surface area contributed by atoms with E-state index >= 15 is 0 Å². The predicted molar refractivity (Wildman–Crippen MR) is 126 cm³/mol. The van der Waals surface area contributed by atoms with Crippen molar-refractivity contribution in [1.29, 1.82) is 0 Å². The summed E-state index contributed by atoms with van der Waals surface area (Å²) in [7, 11) is 1.83. The second-order valence-corrected chi connectivity index (χ2v) is 9.10. The van der Waals surface area contributed by atoms with Crippen LogP contribution in [0.25, 0.3) is 0 Å². The monoisotopic (exact) mass is 446 g/mol. The molecular weight excluding hydrogens is 404 g/mol. The lowest BCUT2D eigenvalue weighted by Crippen LogP contribution is -2.23. The highest BCUT2D eigenvalue weighted by Crippen LogP contribution is 2.31. The molecule has 0 bridgehead atoms. The Bertz CT molecular complexity index is 659. The van der Waals surface area contributed by atoms with Gasteiger partial charge in [-0.25, -0.2) is 0 Å². The Morgan fingerprint density at radius 1 is 0.812 bits per heavy atom. The molecule has 1 saturated heterocycles. The first-order valence-corrected chi connectivity index (χ1v) is 12.5. The summed E-state index contributed by atoms with van der Waals surface area (Å²) in [5.41, 5.74) is 1.34. The largest absolute Gasteiger partial charge is 0.465 e. The molecule has 5 nitrogen and oxygen atoms in total. The van der Waals surface area contributed by atoms with Crippen LogP contribution >= 0.6 is 0 Å². The van der Waals surface area contributed by atoms with Gasteiger partial charge in [0.25, 0.3) is 0 Å². The van der Waals surface area contributed by atoms with Gasteiger partial charge in [-0.2, -0.15) is 0 Å². The Morgan fingerprint density at radius 2 is 1.38 bits per heavy atom. The topological polar surface area (TPSA) is 61.8 Å². The maximum atomic E-state index is 12.1. The second kappa shape index (κ2) is 15.0. The molecule has 180 valence electrons. The smallest absolute Gasteiger partial charge is 0.317 e. The van der Waals surface area contributed by atoms with Crippen molar-refractivity contribution in [2.24, 2.45) is 11.8 Å². The fourth-order valence-electron chi connectivity index (χ4n) is 4.61. The lowest BCUT2D eigenvalue weighted by Gasteiger charge is -2.28. The van der Waals surface area contributed by atoms with E-state index in [0.717, 1.165) is 57.8 Å². The van der Waals surface area contributed by atoms with Gasteiger partial charge in [-0.3, -0.25) is 9.59 Å². The average Bonchev–Trinajstić information content (AvgIpc) is 2.81. The van der Waals surface area contributed by atoms with E-state index in [-0.39, 0.29) is 12.5 Å². The molecule has 1 heterocycles. The number of hydrogen-bond acceptors (Lipinski definition) is 5. The summed E-state index contributed by atoms with van der Waals surface area (Å²) in [6.07, 6.45) is 9.10. The van der Waals surface area contributed by atoms with Crippen molar-refractivity contribution in [1.82, 2.24) is 0 Å². The molecule has 0 saturated carbocycles. The van der Waals surface area contributed by atoms with E-state index in [2.05, 4.69) is 44.2 Å². The molecule has 0 radical (unpaired) electrons. The zero-order valence-corrected chi connectivity index (χ0v) is 20.2. The molecule has 2 rings (SSSR count). The van der Waals surface area contributed by atoms with Gasteiger partial charge < -0.3 is 14.2 Å². The van der Waals surface area contributed by atoms with Crippen molar-refractivity contribution < 1.29 is 23.8 Å². The summed E-state index contributed by atoms with van der Waals surface area (Å²) >= 11 is 0. The van der Waals surface area contributed by atoms with E-state index in [9.17, 15) is 9.59 Å². The number of ether oxygens (including phenoxy) is 3. The van der Waals surface area contributed by atoms with Gasteiger partial charge in [-0.15, -0.1) is 0 Å². The molecule has 1 fully saturated rings. The van der Waals surface area contributed by atoms with Crippen LogP contribution in [0.4, 0.5) is 0 Å². The van der Waals surface area contributed by atoms with Crippen LogP contribution in [0, 0.1) is 11.8 Å². The van der Waals surface area contributed by atoms with Gasteiger partial charge in [0.2, 0.25) is 0 Å². The molecule has 0 spiro atoms. The minimum absolute atomic E-state index is 0.180. The van der Waals surface area contributed by atoms with E-state index in [4.69, 9.17) is 14.2 Å². The van der Waals surface area contributed by atoms with Gasteiger partial charge in [0.15, 0.2) is 0 Å². The molecule has 4 atom stereocenters. The number of methoxy groups -OCH3 is 1. The minimum atomic E-state index is -0.485. The van der Waals surface area contributed by atoms with Gasteiger partial charge in [0.1, 0.15) is 6.42 Å². The number of benzene rings is 1. The summed E-state index contributed by atoms with van der Waals surface area (Å²) in [6, 6.07) is 10.7. The first-order valence-electron chi connectivity index (χ1n) is 12.5. The van der Waals surface area contributed by atoms with Crippen molar-refractivity contribution in [3.8, 4) is 0 Å². The highest BCUT2D eigenvalue weighted by Gasteiger charge is 2.24. The van der Waals surface area contributed by atoms with Gasteiger partial charge in [-0.05, 0) is 43.1 Å². The SMILES string of the molecule is CCC1CCCCC(c2ccccc2)C(OC)CCCC(CC)COC(=O)CC(=O)OC1. The van der Waals surface area contributed by atoms with Crippen LogP contribution in [0.3, 0.4) is 0 Å². The number of cyclic esters (lactones) is 2. The molecule has 0 N–H and O–H groups in total. The Labute approximate surface area is 194 Å². The van der Waals surface area contributed by atoms with Gasteiger partial charge in [-0.1, -0.05) is 76.3 Å². The Morgan fingerprint density at radius 3 is 1.94 bits per heavy atom. The van der Waals surface area contributed by atoms with Crippen LogP contribution < -0.4 is 0 Å². The molecule has 0 aromatic heterocycles. The Balaban J connectivity index is 2.10. The summed E-state index contributed by atoms with van der Waals surface area (Å²) < 4.78 is 16.8. The van der Waals surface area contributed by atoms with Crippen LogP contribution in [0.1, 0.15) is 89.5 Å². The third-order valence-corrected chi connectivity index (χ3v) is 6.86. The third kappa shape index (κ3) is 9.32. The fourth-order valence-corrected chi connectivity index (χ4v) is 4.61.